The van der Waals surface area contributed by atoms with Crippen LogP contribution < -0.4 is 5.32 Å². The number of hydrogen-bond donors (Lipinski definition) is 2. The molecule has 0 spiro atoms. The van der Waals surface area contributed by atoms with Crippen LogP contribution in [0.15, 0.2) is 0 Å². The Morgan fingerprint density at radius 1 is 1.42 bits per heavy atom. The lowest BCUT2D eigenvalue weighted by molar-refractivity contribution is -0.144. The van der Waals surface area contributed by atoms with Crippen molar-refractivity contribution in [3.63, 3.8) is 0 Å². The quantitative estimate of drug-likeness (QED) is 0.599. The minimum Gasteiger partial charge on any atom is -0.480 e. The molecule has 2 atom stereocenters. The molecule has 0 saturated carbocycles. The first kappa shape index (κ1) is 18.4. The third-order valence-electron chi connectivity index (χ3n) is 3.73. The number of likely N-dealkylation sites (N-methyl/N-ethyl adjacent to an activating group) is 1. The minimum absolute atomic E-state index is 0.440. The van der Waals surface area contributed by atoms with Gasteiger partial charge in [0.15, 0.2) is 0 Å². The Labute approximate surface area is 117 Å². The summed E-state index contributed by atoms with van der Waals surface area (Å²) in [5.41, 5.74) is -0.854. The summed E-state index contributed by atoms with van der Waals surface area (Å²) in [7, 11) is 1.69. The maximum absolute atomic E-state index is 11.4. The molecule has 0 amide bonds. The molecule has 0 fully saturated rings. The summed E-state index contributed by atoms with van der Waals surface area (Å²) in [5.74, 6) is -0.787. The van der Waals surface area contributed by atoms with Gasteiger partial charge >= 0.3 is 5.97 Å². The molecule has 0 aromatic carbocycles. The van der Waals surface area contributed by atoms with Gasteiger partial charge in [0.2, 0.25) is 0 Å². The third kappa shape index (κ3) is 6.36. The maximum atomic E-state index is 11.4. The molecule has 0 radical (unpaired) electrons. The molecule has 0 aliphatic carbocycles. The lowest BCUT2D eigenvalue weighted by Crippen LogP contribution is -2.52. The molecule has 114 valence electrons. The van der Waals surface area contributed by atoms with Crippen molar-refractivity contribution in [2.75, 3.05) is 33.4 Å². The molecule has 0 aliphatic heterocycles. The standard InChI is InChI=1S/C14H30N2O3/c1-6-12(3)16(10-11-19-5)9-8-14(4,13(17)18)15-7-2/h12,15H,6-11H2,1-5H3,(H,17,18). The average Bonchev–Trinajstić information content (AvgIpc) is 2.38. The number of carboxylic acid groups (broad SMARTS) is 1. The summed E-state index contributed by atoms with van der Waals surface area (Å²) in [4.78, 5) is 13.7. The molecular formula is C14H30N2O3. The second-order valence-electron chi connectivity index (χ2n) is 5.20. The van der Waals surface area contributed by atoms with E-state index in [0.29, 0.717) is 25.6 Å². The monoisotopic (exact) mass is 274 g/mol. The van der Waals surface area contributed by atoms with Crippen LogP contribution in [-0.2, 0) is 9.53 Å². The summed E-state index contributed by atoms with van der Waals surface area (Å²) in [6.07, 6.45) is 1.64. The number of hydrogen-bond acceptors (Lipinski definition) is 4. The molecule has 0 aromatic heterocycles. The molecule has 19 heavy (non-hydrogen) atoms. The molecular weight excluding hydrogens is 244 g/mol. The summed E-state index contributed by atoms with van der Waals surface area (Å²) in [6, 6.07) is 0.440. The van der Waals surface area contributed by atoms with Gasteiger partial charge in [-0.05, 0) is 33.2 Å². The smallest absolute Gasteiger partial charge is 0.323 e. The van der Waals surface area contributed by atoms with Gasteiger partial charge in [-0.1, -0.05) is 13.8 Å². The van der Waals surface area contributed by atoms with E-state index < -0.39 is 11.5 Å². The van der Waals surface area contributed by atoms with Gasteiger partial charge in [0, 0.05) is 26.2 Å². The predicted octanol–water partition coefficient (Wildman–Crippen LogP) is 1.58. The van der Waals surface area contributed by atoms with Gasteiger partial charge < -0.3 is 15.2 Å². The van der Waals surface area contributed by atoms with Crippen LogP contribution in [0.5, 0.6) is 0 Å². The van der Waals surface area contributed by atoms with Crippen molar-refractivity contribution < 1.29 is 14.6 Å². The molecule has 0 rings (SSSR count). The highest BCUT2D eigenvalue weighted by Gasteiger charge is 2.32. The fourth-order valence-corrected chi connectivity index (χ4v) is 2.05. The highest BCUT2D eigenvalue weighted by atomic mass is 16.5. The van der Waals surface area contributed by atoms with Gasteiger partial charge in [-0.15, -0.1) is 0 Å². The number of carboxylic acids is 1. The number of ether oxygens (including phenoxy) is 1. The summed E-state index contributed by atoms with van der Waals surface area (Å²) in [5, 5.41) is 12.4. The summed E-state index contributed by atoms with van der Waals surface area (Å²) < 4.78 is 5.12. The zero-order chi connectivity index (χ0) is 14.9. The van der Waals surface area contributed by atoms with Crippen LogP contribution in [0.4, 0.5) is 0 Å². The Kier molecular flexibility index (Phi) is 8.97. The maximum Gasteiger partial charge on any atom is 0.323 e. The number of carbonyl (C=O) groups is 1. The van der Waals surface area contributed by atoms with Crippen LogP contribution >= 0.6 is 0 Å². The van der Waals surface area contributed by atoms with Crippen molar-refractivity contribution >= 4 is 5.97 Å². The van der Waals surface area contributed by atoms with E-state index in [1.54, 1.807) is 14.0 Å². The van der Waals surface area contributed by atoms with E-state index in [1.165, 1.54) is 0 Å². The lowest BCUT2D eigenvalue weighted by Gasteiger charge is -2.32. The van der Waals surface area contributed by atoms with Crippen LogP contribution in [0.3, 0.4) is 0 Å². The van der Waals surface area contributed by atoms with Crippen molar-refractivity contribution in [1.82, 2.24) is 10.2 Å². The second kappa shape index (κ2) is 9.28. The first-order valence-electron chi connectivity index (χ1n) is 7.12. The molecule has 2 N–H and O–H groups in total. The van der Waals surface area contributed by atoms with Crippen molar-refractivity contribution in [2.24, 2.45) is 0 Å². The molecule has 0 aromatic rings. The van der Waals surface area contributed by atoms with Gasteiger partial charge in [0.1, 0.15) is 5.54 Å². The van der Waals surface area contributed by atoms with Gasteiger partial charge in [-0.3, -0.25) is 9.69 Å². The number of rotatable bonds is 11. The minimum atomic E-state index is -0.854. The van der Waals surface area contributed by atoms with E-state index in [2.05, 4.69) is 24.1 Å². The zero-order valence-corrected chi connectivity index (χ0v) is 13.0. The first-order chi connectivity index (χ1) is 8.91. The van der Waals surface area contributed by atoms with Crippen LogP contribution in [0.1, 0.15) is 40.5 Å². The fourth-order valence-electron chi connectivity index (χ4n) is 2.05. The van der Waals surface area contributed by atoms with E-state index in [-0.39, 0.29) is 0 Å². The van der Waals surface area contributed by atoms with Crippen molar-refractivity contribution in [2.45, 2.75) is 52.1 Å². The Morgan fingerprint density at radius 2 is 2.05 bits per heavy atom. The Morgan fingerprint density at radius 3 is 2.47 bits per heavy atom. The molecule has 0 saturated heterocycles. The summed E-state index contributed by atoms with van der Waals surface area (Å²) >= 11 is 0. The largest absolute Gasteiger partial charge is 0.480 e. The second-order valence-corrected chi connectivity index (χ2v) is 5.20. The topological polar surface area (TPSA) is 61.8 Å². The van der Waals surface area contributed by atoms with Crippen molar-refractivity contribution in [3.8, 4) is 0 Å². The van der Waals surface area contributed by atoms with Gasteiger partial charge in [-0.25, -0.2) is 0 Å². The predicted molar refractivity (Wildman–Crippen MR) is 77.5 cm³/mol. The molecule has 5 nitrogen and oxygen atoms in total. The zero-order valence-electron chi connectivity index (χ0n) is 13.0. The Bertz CT molecular complexity index is 261. The van der Waals surface area contributed by atoms with Crippen LogP contribution in [0.25, 0.3) is 0 Å². The van der Waals surface area contributed by atoms with Crippen molar-refractivity contribution in [3.05, 3.63) is 0 Å². The molecule has 5 heteroatoms. The number of nitrogens with zero attached hydrogens (tertiary/aromatic N) is 1. The SMILES string of the molecule is CCNC(C)(CCN(CCOC)C(C)CC)C(=O)O. The van der Waals surface area contributed by atoms with E-state index in [4.69, 9.17) is 4.74 Å². The van der Waals surface area contributed by atoms with E-state index in [0.717, 1.165) is 19.5 Å². The highest BCUT2D eigenvalue weighted by Crippen LogP contribution is 2.13. The van der Waals surface area contributed by atoms with Gasteiger partial charge in [-0.2, -0.15) is 0 Å². The Balaban J connectivity index is 4.53. The van der Waals surface area contributed by atoms with Gasteiger partial charge in [0.25, 0.3) is 0 Å². The average molecular weight is 274 g/mol. The van der Waals surface area contributed by atoms with Crippen LogP contribution in [-0.4, -0.2) is 60.9 Å². The van der Waals surface area contributed by atoms with E-state index in [1.807, 2.05) is 6.92 Å². The first-order valence-corrected chi connectivity index (χ1v) is 7.12. The van der Waals surface area contributed by atoms with E-state index in [9.17, 15) is 9.90 Å². The van der Waals surface area contributed by atoms with Crippen LogP contribution in [0, 0.1) is 0 Å². The Hall–Kier alpha value is -0.650. The molecule has 0 heterocycles. The molecule has 2 unspecified atom stereocenters. The molecule has 0 bridgehead atoms. The number of nitrogens with one attached hydrogen (secondary N) is 1. The normalized spacial score (nSPS) is 16.3. The van der Waals surface area contributed by atoms with Gasteiger partial charge in [0.05, 0.1) is 6.61 Å². The summed E-state index contributed by atoms with van der Waals surface area (Å²) in [6.45, 7) is 10.9. The van der Waals surface area contributed by atoms with Crippen LogP contribution in [0.2, 0.25) is 0 Å². The van der Waals surface area contributed by atoms with E-state index >= 15 is 0 Å². The fraction of sp³-hybridized carbons (Fsp3) is 0.929. The van der Waals surface area contributed by atoms with Crippen molar-refractivity contribution in [1.29, 1.82) is 0 Å². The third-order valence-corrected chi connectivity index (χ3v) is 3.73. The molecule has 0 aliphatic rings. The highest BCUT2D eigenvalue weighted by molar-refractivity contribution is 5.78. The lowest BCUT2D eigenvalue weighted by atomic mass is 9.97. The number of methoxy groups -OCH3 is 1. The number of aliphatic carboxylic acids is 1.